The first-order chi connectivity index (χ1) is 6.93. The molecule has 0 amide bonds. The maximum absolute atomic E-state index is 9.01. The van der Waals surface area contributed by atoms with Crippen molar-refractivity contribution < 1.29 is 9.52 Å². The van der Waals surface area contributed by atoms with Crippen LogP contribution in [0.15, 0.2) is 16.5 Å². The van der Waals surface area contributed by atoms with E-state index in [2.05, 4.69) is 25.7 Å². The van der Waals surface area contributed by atoms with Crippen LogP contribution in [0.3, 0.4) is 0 Å². The fraction of sp³-hybridized carbons (Fsp3) is 0.667. The van der Waals surface area contributed by atoms with Crippen LogP contribution >= 0.6 is 0 Å². The Morgan fingerprint density at radius 2 is 2.00 bits per heavy atom. The first-order valence-corrected chi connectivity index (χ1v) is 5.34. The van der Waals surface area contributed by atoms with Crippen LogP contribution in [0.4, 0.5) is 0 Å². The largest absolute Gasteiger partial charge is 0.465 e. The van der Waals surface area contributed by atoms with Crippen LogP contribution < -0.4 is 0 Å². The average molecular weight is 211 g/mol. The molecule has 1 aromatic heterocycles. The number of aryl methyl sites for hydroxylation is 1. The van der Waals surface area contributed by atoms with Gasteiger partial charge in [-0.2, -0.15) is 0 Å². The molecule has 0 unspecified atom stereocenters. The maximum atomic E-state index is 9.01. The third kappa shape index (κ3) is 3.68. The molecule has 0 aliphatic heterocycles. The SMILES string of the molecule is Cc1ccc(CN(CCO)C(C)(C)C)o1. The summed E-state index contributed by atoms with van der Waals surface area (Å²) in [4.78, 5) is 2.20. The number of aliphatic hydroxyl groups excluding tert-OH is 1. The van der Waals surface area contributed by atoms with Gasteiger partial charge in [-0.25, -0.2) is 0 Å². The Morgan fingerprint density at radius 3 is 2.40 bits per heavy atom. The zero-order valence-corrected chi connectivity index (χ0v) is 10.1. The zero-order valence-electron chi connectivity index (χ0n) is 10.1. The van der Waals surface area contributed by atoms with Gasteiger partial charge in [-0.15, -0.1) is 0 Å². The predicted molar refractivity (Wildman–Crippen MR) is 60.7 cm³/mol. The smallest absolute Gasteiger partial charge is 0.118 e. The quantitative estimate of drug-likeness (QED) is 0.829. The van der Waals surface area contributed by atoms with Gasteiger partial charge in [0, 0.05) is 12.1 Å². The average Bonchev–Trinajstić information content (AvgIpc) is 2.49. The first-order valence-electron chi connectivity index (χ1n) is 5.34. The Kier molecular flexibility index (Phi) is 3.94. The molecule has 3 nitrogen and oxygen atoms in total. The van der Waals surface area contributed by atoms with Gasteiger partial charge in [0.2, 0.25) is 0 Å². The molecule has 1 N–H and O–H groups in total. The summed E-state index contributed by atoms with van der Waals surface area (Å²) in [6.45, 7) is 9.95. The molecule has 0 aromatic carbocycles. The molecule has 1 aromatic rings. The van der Waals surface area contributed by atoms with Crippen LogP contribution in [0, 0.1) is 6.92 Å². The summed E-state index contributed by atoms with van der Waals surface area (Å²) in [5.74, 6) is 1.89. The molecule has 15 heavy (non-hydrogen) atoms. The zero-order chi connectivity index (χ0) is 11.5. The molecule has 0 fully saturated rings. The summed E-state index contributed by atoms with van der Waals surface area (Å²) >= 11 is 0. The highest BCUT2D eigenvalue weighted by Gasteiger charge is 2.21. The number of β-amino-alcohol motifs (C(OH)–C–C–N with tert-alkyl or cyclic N) is 1. The van der Waals surface area contributed by atoms with Crippen LogP contribution in [-0.2, 0) is 6.54 Å². The third-order valence-electron chi connectivity index (χ3n) is 2.46. The van der Waals surface area contributed by atoms with E-state index in [1.54, 1.807) is 0 Å². The van der Waals surface area contributed by atoms with Crippen LogP contribution in [0.25, 0.3) is 0 Å². The van der Waals surface area contributed by atoms with E-state index in [-0.39, 0.29) is 12.1 Å². The van der Waals surface area contributed by atoms with Crippen molar-refractivity contribution in [3.05, 3.63) is 23.7 Å². The van der Waals surface area contributed by atoms with Gasteiger partial charge >= 0.3 is 0 Å². The van der Waals surface area contributed by atoms with E-state index in [4.69, 9.17) is 9.52 Å². The van der Waals surface area contributed by atoms with Crippen molar-refractivity contribution in [3.8, 4) is 0 Å². The summed E-state index contributed by atoms with van der Waals surface area (Å²) in [6, 6.07) is 3.96. The van der Waals surface area contributed by atoms with Gasteiger partial charge in [0.25, 0.3) is 0 Å². The molecule has 0 bridgehead atoms. The Bertz CT molecular complexity index is 299. The molecule has 0 spiro atoms. The molecule has 86 valence electrons. The minimum absolute atomic E-state index is 0.0451. The predicted octanol–water partition coefficient (Wildman–Crippen LogP) is 2.18. The molecular formula is C12H21NO2. The highest BCUT2D eigenvalue weighted by atomic mass is 16.3. The summed E-state index contributed by atoms with van der Waals surface area (Å²) < 4.78 is 5.53. The molecule has 1 heterocycles. The summed E-state index contributed by atoms with van der Waals surface area (Å²) in [6.07, 6.45) is 0. The van der Waals surface area contributed by atoms with E-state index >= 15 is 0 Å². The summed E-state index contributed by atoms with van der Waals surface area (Å²) in [5, 5.41) is 9.01. The first kappa shape index (κ1) is 12.3. The lowest BCUT2D eigenvalue weighted by atomic mass is 10.1. The van der Waals surface area contributed by atoms with E-state index in [0.29, 0.717) is 6.54 Å². The lowest BCUT2D eigenvalue weighted by Crippen LogP contribution is -2.42. The number of rotatable bonds is 4. The molecular weight excluding hydrogens is 190 g/mol. The topological polar surface area (TPSA) is 36.6 Å². The fourth-order valence-electron chi connectivity index (χ4n) is 1.53. The van der Waals surface area contributed by atoms with E-state index < -0.39 is 0 Å². The molecule has 0 saturated heterocycles. The van der Waals surface area contributed by atoms with Crippen molar-refractivity contribution in [1.82, 2.24) is 4.90 Å². The minimum atomic E-state index is 0.0451. The Balaban J connectivity index is 2.66. The van der Waals surface area contributed by atoms with Gasteiger partial charge < -0.3 is 9.52 Å². The van der Waals surface area contributed by atoms with E-state index in [1.165, 1.54) is 0 Å². The van der Waals surface area contributed by atoms with Gasteiger partial charge in [0.1, 0.15) is 11.5 Å². The number of furan rings is 1. The van der Waals surface area contributed by atoms with Crippen LogP contribution in [0.2, 0.25) is 0 Å². The van der Waals surface area contributed by atoms with E-state index in [9.17, 15) is 0 Å². The second kappa shape index (κ2) is 4.81. The van der Waals surface area contributed by atoms with Gasteiger partial charge in [0.05, 0.1) is 13.2 Å². The van der Waals surface area contributed by atoms with Crippen LogP contribution in [0.5, 0.6) is 0 Å². The third-order valence-corrected chi connectivity index (χ3v) is 2.46. The molecule has 0 atom stereocenters. The van der Waals surface area contributed by atoms with Gasteiger partial charge in [0.15, 0.2) is 0 Å². The van der Waals surface area contributed by atoms with Crippen LogP contribution in [-0.4, -0.2) is 28.7 Å². The molecule has 0 saturated carbocycles. The summed E-state index contributed by atoms with van der Waals surface area (Å²) in [7, 11) is 0. The highest BCUT2D eigenvalue weighted by molar-refractivity contribution is 5.05. The number of hydrogen-bond donors (Lipinski definition) is 1. The second-order valence-electron chi connectivity index (χ2n) is 4.83. The lowest BCUT2D eigenvalue weighted by Gasteiger charge is -2.34. The van der Waals surface area contributed by atoms with E-state index in [1.807, 2.05) is 19.1 Å². The second-order valence-corrected chi connectivity index (χ2v) is 4.83. The molecule has 0 aliphatic carbocycles. The number of aliphatic hydroxyl groups is 1. The van der Waals surface area contributed by atoms with Gasteiger partial charge in [-0.1, -0.05) is 0 Å². The minimum Gasteiger partial charge on any atom is -0.465 e. The van der Waals surface area contributed by atoms with Crippen molar-refractivity contribution in [2.24, 2.45) is 0 Å². The molecule has 0 aliphatic rings. The van der Waals surface area contributed by atoms with Crippen molar-refractivity contribution in [2.75, 3.05) is 13.2 Å². The normalized spacial score (nSPS) is 12.4. The maximum Gasteiger partial charge on any atom is 0.118 e. The van der Waals surface area contributed by atoms with Crippen molar-refractivity contribution in [3.63, 3.8) is 0 Å². The Labute approximate surface area is 91.7 Å². The van der Waals surface area contributed by atoms with Gasteiger partial charge in [-0.3, -0.25) is 4.90 Å². The Morgan fingerprint density at radius 1 is 1.33 bits per heavy atom. The van der Waals surface area contributed by atoms with Crippen LogP contribution in [0.1, 0.15) is 32.3 Å². The Hall–Kier alpha value is -0.800. The van der Waals surface area contributed by atoms with Gasteiger partial charge in [-0.05, 0) is 39.8 Å². The fourth-order valence-corrected chi connectivity index (χ4v) is 1.53. The summed E-state index contributed by atoms with van der Waals surface area (Å²) in [5.41, 5.74) is 0.0451. The van der Waals surface area contributed by atoms with Crippen molar-refractivity contribution in [2.45, 2.75) is 39.8 Å². The van der Waals surface area contributed by atoms with E-state index in [0.717, 1.165) is 18.1 Å². The standard InChI is InChI=1S/C12H21NO2/c1-10-5-6-11(15-10)9-13(7-8-14)12(2,3)4/h5-6,14H,7-9H2,1-4H3. The number of hydrogen-bond acceptors (Lipinski definition) is 3. The number of nitrogens with zero attached hydrogens (tertiary/aromatic N) is 1. The highest BCUT2D eigenvalue weighted by Crippen LogP contribution is 2.17. The molecule has 3 heteroatoms. The van der Waals surface area contributed by atoms with Crippen molar-refractivity contribution >= 4 is 0 Å². The molecule has 0 radical (unpaired) electrons. The monoisotopic (exact) mass is 211 g/mol. The lowest BCUT2D eigenvalue weighted by molar-refractivity contribution is 0.0905. The molecule has 1 rings (SSSR count). The van der Waals surface area contributed by atoms with Crippen molar-refractivity contribution in [1.29, 1.82) is 0 Å².